The smallest absolute Gasteiger partial charge is 0.263 e. The van der Waals surface area contributed by atoms with Gasteiger partial charge in [0.05, 0.1) is 14.2 Å². The molecule has 0 bridgehead atoms. The number of nitrogens with one attached hydrogen (secondary N) is 1. The molecule has 2 heterocycles. The summed E-state index contributed by atoms with van der Waals surface area (Å²) in [7, 11) is 3.01. The molecule has 30 heavy (non-hydrogen) atoms. The lowest BCUT2D eigenvalue weighted by Gasteiger charge is -2.18. The zero-order chi connectivity index (χ0) is 21.1. The van der Waals surface area contributed by atoms with E-state index in [-0.39, 0.29) is 11.8 Å². The van der Waals surface area contributed by atoms with Crippen LogP contribution in [0.25, 0.3) is 0 Å². The van der Waals surface area contributed by atoms with E-state index < -0.39 is 0 Å². The molecule has 152 valence electrons. The third kappa shape index (κ3) is 3.57. The monoisotopic (exact) mass is 403 g/mol. The molecule has 0 atom stereocenters. The normalized spacial score (nSPS) is 12.3. The Labute approximate surface area is 174 Å². The Bertz CT molecular complexity index is 1080. The maximum atomic E-state index is 13.0. The second-order valence-electron chi connectivity index (χ2n) is 6.78. The van der Waals surface area contributed by atoms with E-state index in [1.54, 1.807) is 47.6 Å². The number of methoxy groups -OCH3 is 2. The number of ether oxygens (including phenoxy) is 2. The van der Waals surface area contributed by atoms with Crippen molar-refractivity contribution >= 4 is 23.2 Å². The molecule has 7 heteroatoms. The van der Waals surface area contributed by atoms with Crippen LogP contribution < -0.4 is 19.7 Å². The summed E-state index contributed by atoms with van der Waals surface area (Å²) in [5.41, 5.74) is 3.33. The third-order valence-corrected chi connectivity index (χ3v) is 5.07. The fourth-order valence-electron chi connectivity index (χ4n) is 3.59. The number of pyridine rings is 1. The maximum Gasteiger partial charge on any atom is 0.263 e. The number of carbonyl (C=O) groups is 2. The van der Waals surface area contributed by atoms with E-state index in [0.717, 1.165) is 17.7 Å². The average molecular weight is 403 g/mol. The molecule has 0 fully saturated rings. The molecule has 1 aromatic heterocycles. The minimum Gasteiger partial charge on any atom is -0.496 e. The molecule has 3 aromatic rings. The molecule has 0 unspecified atom stereocenters. The van der Waals surface area contributed by atoms with Gasteiger partial charge in [0.15, 0.2) is 0 Å². The zero-order valence-corrected chi connectivity index (χ0v) is 16.7. The summed E-state index contributed by atoms with van der Waals surface area (Å²) in [4.78, 5) is 31.6. The molecule has 0 spiro atoms. The SMILES string of the molecule is COc1cccc(OC)c1C(=O)Nc1ccc2c(c1)N(C(=O)c1ccncc1)CC2. The van der Waals surface area contributed by atoms with Crippen molar-refractivity contribution in [1.82, 2.24) is 4.98 Å². The first-order valence-electron chi connectivity index (χ1n) is 9.49. The maximum absolute atomic E-state index is 13.0. The van der Waals surface area contributed by atoms with Crippen LogP contribution in [-0.4, -0.2) is 37.6 Å². The number of rotatable bonds is 5. The molecule has 4 rings (SSSR count). The van der Waals surface area contributed by atoms with Crippen molar-refractivity contribution in [2.24, 2.45) is 0 Å². The minimum absolute atomic E-state index is 0.0916. The molecule has 0 saturated heterocycles. The van der Waals surface area contributed by atoms with Crippen molar-refractivity contribution in [3.63, 3.8) is 0 Å². The van der Waals surface area contributed by atoms with Gasteiger partial charge in [-0.25, -0.2) is 0 Å². The summed E-state index contributed by atoms with van der Waals surface area (Å²) in [5, 5.41) is 2.89. The molecule has 1 aliphatic rings. The van der Waals surface area contributed by atoms with Gasteiger partial charge >= 0.3 is 0 Å². The highest BCUT2D eigenvalue weighted by Gasteiger charge is 2.26. The molecule has 7 nitrogen and oxygen atoms in total. The van der Waals surface area contributed by atoms with E-state index in [1.807, 2.05) is 18.2 Å². The highest BCUT2D eigenvalue weighted by atomic mass is 16.5. The van der Waals surface area contributed by atoms with Crippen LogP contribution in [0.15, 0.2) is 60.9 Å². The first-order valence-corrected chi connectivity index (χ1v) is 9.49. The van der Waals surface area contributed by atoms with Gasteiger partial charge in [-0.1, -0.05) is 12.1 Å². The van der Waals surface area contributed by atoms with Crippen LogP contribution in [0.2, 0.25) is 0 Å². The summed E-state index contributed by atoms with van der Waals surface area (Å²) >= 11 is 0. The number of hydrogen-bond donors (Lipinski definition) is 1. The quantitative estimate of drug-likeness (QED) is 0.705. The Morgan fingerprint density at radius 1 is 1.00 bits per heavy atom. The van der Waals surface area contributed by atoms with Crippen LogP contribution in [0.4, 0.5) is 11.4 Å². The van der Waals surface area contributed by atoms with Gasteiger partial charge in [0.25, 0.3) is 11.8 Å². The number of fused-ring (bicyclic) bond motifs is 1. The fraction of sp³-hybridized carbons (Fsp3) is 0.174. The molecule has 2 amide bonds. The number of amides is 2. The topological polar surface area (TPSA) is 80.8 Å². The molecule has 1 N–H and O–H groups in total. The Morgan fingerprint density at radius 2 is 1.70 bits per heavy atom. The van der Waals surface area contributed by atoms with Crippen molar-refractivity contribution in [1.29, 1.82) is 0 Å². The van der Waals surface area contributed by atoms with Crippen molar-refractivity contribution in [2.45, 2.75) is 6.42 Å². The van der Waals surface area contributed by atoms with Gasteiger partial charge in [-0.3, -0.25) is 14.6 Å². The second kappa shape index (κ2) is 8.24. The Morgan fingerprint density at radius 3 is 2.37 bits per heavy atom. The molecule has 0 aliphatic carbocycles. The standard InChI is InChI=1S/C23H21N3O4/c1-29-19-4-3-5-20(30-2)21(19)22(27)25-17-7-6-15-10-13-26(18(15)14-17)23(28)16-8-11-24-12-9-16/h3-9,11-12,14H,10,13H2,1-2H3,(H,25,27). The van der Waals surface area contributed by atoms with Gasteiger partial charge in [-0.2, -0.15) is 0 Å². The van der Waals surface area contributed by atoms with Gasteiger partial charge in [-0.05, 0) is 48.4 Å². The van der Waals surface area contributed by atoms with Gasteiger partial charge < -0.3 is 19.7 Å². The highest BCUT2D eigenvalue weighted by Crippen LogP contribution is 2.33. The molecular weight excluding hydrogens is 382 g/mol. The van der Waals surface area contributed by atoms with Crippen LogP contribution in [0.5, 0.6) is 11.5 Å². The Balaban J connectivity index is 1.61. The first-order chi connectivity index (χ1) is 14.6. The first kappa shape index (κ1) is 19.4. The van der Waals surface area contributed by atoms with E-state index in [1.165, 1.54) is 14.2 Å². The molecule has 0 radical (unpaired) electrons. The third-order valence-electron chi connectivity index (χ3n) is 5.07. The molecule has 2 aromatic carbocycles. The van der Waals surface area contributed by atoms with Crippen LogP contribution >= 0.6 is 0 Å². The van der Waals surface area contributed by atoms with Crippen LogP contribution in [-0.2, 0) is 6.42 Å². The highest BCUT2D eigenvalue weighted by molar-refractivity contribution is 6.10. The van der Waals surface area contributed by atoms with Crippen molar-refractivity contribution in [3.8, 4) is 11.5 Å². The summed E-state index contributed by atoms with van der Waals surface area (Å²) in [6.45, 7) is 0.591. The lowest BCUT2D eigenvalue weighted by atomic mass is 10.1. The summed E-state index contributed by atoms with van der Waals surface area (Å²) in [5.74, 6) is 0.394. The molecular formula is C23H21N3O4. The number of anilines is 2. The summed E-state index contributed by atoms with van der Waals surface area (Å²) < 4.78 is 10.6. The van der Waals surface area contributed by atoms with E-state index in [2.05, 4.69) is 10.3 Å². The van der Waals surface area contributed by atoms with E-state index in [4.69, 9.17) is 9.47 Å². The molecule has 1 aliphatic heterocycles. The predicted octanol–water partition coefficient (Wildman–Crippen LogP) is 3.55. The van der Waals surface area contributed by atoms with Gasteiger partial charge in [-0.15, -0.1) is 0 Å². The number of carbonyl (C=O) groups excluding carboxylic acids is 2. The summed E-state index contributed by atoms with van der Waals surface area (Å²) in [6, 6.07) is 14.1. The summed E-state index contributed by atoms with van der Waals surface area (Å²) in [6.07, 6.45) is 3.96. The van der Waals surface area contributed by atoms with E-state index in [9.17, 15) is 9.59 Å². The lowest BCUT2D eigenvalue weighted by molar-refractivity contribution is 0.0987. The number of hydrogen-bond acceptors (Lipinski definition) is 5. The van der Waals surface area contributed by atoms with Crippen LogP contribution in [0, 0.1) is 0 Å². The number of benzene rings is 2. The van der Waals surface area contributed by atoms with Gasteiger partial charge in [0.2, 0.25) is 0 Å². The number of nitrogens with zero attached hydrogens (tertiary/aromatic N) is 2. The second-order valence-corrected chi connectivity index (χ2v) is 6.78. The van der Waals surface area contributed by atoms with Crippen LogP contribution in [0.3, 0.4) is 0 Å². The fourth-order valence-corrected chi connectivity index (χ4v) is 3.59. The lowest BCUT2D eigenvalue weighted by Crippen LogP contribution is -2.28. The van der Waals surface area contributed by atoms with Crippen molar-refractivity contribution < 1.29 is 19.1 Å². The zero-order valence-electron chi connectivity index (χ0n) is 16.7. The largest absolute Gasteiger partial charge is 0.496 e. The number of aromatic nitrogens is 1. The minimum atomic E-state index is -0.353. The van der Waals surface area contributed by atoms with Crippen molar-refractivity contribution in [2.75, 3.05) is 31.0 Å². The van der Waals surface area contributed by atoms with E-state index in [0.29, 0.717) is 34.9 Å². The van der Waals surface area contributed by atoms with Crippen molar-refractivity contribution in [3.05, 3.63) is 77.6 Å². The molecule has 0 saturated carbocycles. The Kier molecular flexibility index (Phi) is 5.34. The predicted molar refractivity (Wildman–Crippen MR) is 114 cm³/mol. The van der Waals surface area contributed by atoms with E-state index >= 15 is 0 Å². The van der Waals surface area contributed by atoms with Gasteiger partial charge in [0, 0.05) is 35.9 Å². The average Bonchev–Trinajstić information content (AvgIpc) is 3.21. The Hall–Kier alpha value is -3.87. The van der Waals surface area contributed by atoms with Gasteiger partial charge in [0.1, 0.15) is 17.1 Å². The van der Waals surface area contributed by atoms with Crippen LogP contribution in [0.1, 0.15) is 26.3 Å².